The molecule has 5 amide bonds. The number of aromatic nitrogens is 9. The molecular weight excluding hydrogens is 1630 g/mol. The molecule has 9 aromatic rings. The Morgan fingerprint density at radius 1 is 0.463 bits per heavy atom. The van der Waals surface area contributed by atoms with Crippen molar-refractivity contribution in [1.29, 1.82) is 0 Å². The van der Waals surface area contributed by atoms with Crippen LogP contribution < -0.4 is 53.6 Å². The van der Waals surface area contributed by atoms with E-state index in [0.717, 1.165) is 46.8 Å². The number of thioether (sulfide) groups is 1. The molecule has 0 saturated carbocycles. The van der Waals surface area contributed by atoms with Crippen LogP contribution in [0.25, 0.3) is 0 Å². The number of carbonyl (C=O) groups is 5. The maximum atomic E-state index is 12.9. The van der Waals surface area contributed by atoms with Gasteiger partial charge in [0.1, 0.15) is 79.6 Å². The molecule has 0 atom stereocenters. The molecule has 34 heteroatoms. The molecule has 0 radical (unpaired) electrons. The van der Waals surface area contributed by atoms with Gasteiger partial charge in [-0.3, -0.25) is 14.4 Å². The number of anilines is 11. The number of carbonyl (C=O) groups excluding carboxylic acids is 5. The molecule has 0 aliphatic carbocycles. The third-order valence-electron chi connectivity index (χ3n) is 19.3. The van der Waals surface area contributed by atoms with Crippen molar-refractivity contribution in [3.8, 4) is 0 Å². The number of rotatable bonds is 20. The van der Waals surface area contributed by atoms with Crippen molar-refractivity contribution in [3.63, 3.8) is 0 Å². The Kier molecular flexibility index (Phi) is 32.9. The van der Waals surface area contributed by atoms with Gasteiger partial charge in [0.2, 0.25) is 11.9 Å². The second-order valence-corrected chi connectivity index (χ2v) is 36.0. The molecule has 3 aliphatic heterocycles. The van der Waals surface area contributed by atoms with Gasteiger partial charge in [-0.05, 0) is 216 Å². The number of halogens is 2. The van der Waals surface area contributed by atoms with Crippen molar-refractivity contribution in [1.82, 2.24) is 75.9 Å². The van der Waals surface area contributed by atoms with E-state index in [1.165, 1.54) is 47.0 Å². The first-order chi connectivity index (χ1) is 56.5. The summed E-state index contributed by atoms with van der Waals surface area (Å²) < 4.78 is 11.1. The predicted octanol–water partition coefficient (Wildman–Crippen LogP) is 15.5. The van der Waals surface area contributed by atoms with E-state index in [0.29, 0.717) is 114 Å². The van der Waals surface area contributed by atoms with Crippen LogP contribution in [0.4, 0.5) is 73.5 Å². The van der Waals surface area contributed by atoms with Crippen molar-refractivity contribution < 1.29 is 48.8 Å². The van der Waals surface area contributed by atoms with Crippen LogP contribution in [0.5, 0.6) is 0 Å². The zero-order valence-corrected chi connectivity index (χ0v) is 76.9. The van der Waals surface area contributed by atoms with E-state index in [1.807, 2.05) is 98.9 Å². The Hall–Kier alpha value is -11.1. The van der Waals surface area contributed by atoms with Gasteiger partial charge in [-0.2, -0.15) is 9.97 Å². The van der Waals surface area contributed by atoms with Crippen LogP contribution in [0.15, 0.2) is 133 Å². The Balaban J connectivity index is 0.000000233. The summed E-state index contributed by atoms with van der Waals surface area (Å²) in [5.41, 5.74) is 13.0. The number of amides is 5. The molecule has 662 valence electrons. The van der Waals surface area contributed by atoms with Gasteiger partial charge < -0.3 is 88.2 Å². The molecule has 0 saturated heterocycles. The van der Waals surface area contributed by atoms with Gasteiger partial charge in [0.15, 0.2) is 5.16 Å². The molecule has 31 nitrogen and oxygen atoms in total. The average Bonchev–Trinajstić information content (AvgIpc) is 0.776. The molecule has 0 fully saturated rings. The van der Waals surface area contributed by atoms with Crippen LogP contribution in [-0.2, 0) is 62.2 Å². The number of pyridine rings is 3. The molecule has 0 unspecified atom stereocenters. The van der Waals surface area contributed by atoms with Crippen molar-refractivity contribution in [2.24, 2.45) is 0 Å². The first-order valence-corrected chi connectivity index (χ1v) is 41.5. The molecule has 123 heavy (non-hydrogen) atoms. The van der Waals surface area contributed by atoms with Crippen LogP contribution in [0.1, 0.15) is 227 Å². The lowest BCUT2D eigenvalue weighted by Gasteiger charge is -2.40. The largest absolute Gasteiger partial charge is 0.444 e. The van der Waals surface area contributed by atoms with Gasteiger partial charge >= 0.3 is 12.2 Å². The molecule has 0 bridgehead atoms. The summed E-state index contributed by atoms with van der Waals surface area (Å²) in [4.78, 5) is 106. The van der Waals surface area contributed by atoms with Gasteiger partial charge in [0, 0.05) is 111 Å². The van der Waals surface area contributed by atoms with Crippen LogP contribution in [0.3, 0.4) is 0 Å². The van der Waals surface area contributed by atoms with Gasteiger partial charge in [-0.15, -0.1) is 24.8 Å². The van der Waals surface area contributed by atoms with E-state index in [1.54, 1.807) is 106 Å². The number of ether oxygens (including phenoxy) is 2. The highest BCUT2D eigenvalue weighted by Crippen LogP contribution is 2.39. The van der Waals surface area contributed by atoms with Crippen molar-refractivity contribution in [2.75, 3.05) is 77.8 Å². The molecule has 6 aromatic heterocycles. The molecule has 9 heterocycles. The van der Waals surface area contributed by atoms with Crippen LogP contribution in [0, 0.1) is 0 Å². The summed E-state index contributed by atoms with van der Waals surface area (Å²) in [6.45, 7) is 45.0. The smallest absolute Gasteiger partial charge is 0.410 e. The summed E-state index contributed by atoms with van der Waals surface area (Å²) in [6.07, 6.45) is 5.68. The second kappa shape index (κ2) is 40.9. The quantitative estimate of drug-likeness (QED) is 0.0191. The SMILES string of the molecule is CC(C)(C)OC(=O)N1Cc2cc(N)ccc2C(C)(C)C1.CCNC(=O)c1cnc(Nc2ccc3c(c2)CN(C(=O)OC(C)(C)C)CC3(C)C)nc1Nc1cccc(C(C)(C)O)n1.CCNC(=O)c1cnc(Nc2ccc3c(c2)CNCC3(C)C)nc1Nc1cccc(C(C)(C)O)n1.CCNC(=O)c1cnc(SC)nc1Nc1cccc(C(C)(C)O)n1.Cl.Cl. The third kappa shape index (κ3) is 27.4. The highest BCUT2D eigenvalue weighted by molar-refractivity contribution is 7.98. The average molecular weight is 1750 g/mol. The van der Waals surface area contributed by atoms with Crippen LogP contribution >= 0.6 is 36.6 Å². The number of hydrogen-bond acceptors (Lipinski definition) is 27. The number of fused-ring (bicyclic) bond motifs is 3. The minimum absolute atomic E-state index is 0. The van der Waals surface area contributed by atoms with E-state index in [-0.39, 0.29) is 88.3 Å². The fourth-order valence-corrected chi connectivity index (χ4v) is 13.9. The lowest BCUT2D eigenvalue weighted by Crippen LogP contribution is -2.46. The number of benzene rings is 3. The van der Waals surface area contributed by atoms with E-state index in [2.05, 4.69) is 159 Å². The number of nitrogens with zero attached hydrogens (tertiary/aromatic N) is 11. The Labute approximate surface area is 738 Å². The van der Waals surface area contributed by atoms with Gasteiger partial charge in [-0.25, -0.2) is 44.5 Å². The van der Waals surface area contributed by atoms with E-state index in [4.69, 9.17) is 15.2 Å². The Morgan fingerprint density at radius 2 is 0.813 bits per heavy atom. The third-order valence-corrected chi connectivity index (χ3v) is 19.8. The van der Waals surface area contributed by atoms with E-state index >= 15 is 0 Å². The van der Waals surface area contributed by atoms with Gasteiger partial charge in [0.05, 0.1) is 17.1 Å². The summed E-state index contributed by atoms with van der Waals surface area (Å²) in [7, 11) is 0. The lowest BCUT2D eigenvalue weighted by atomic mass is 9.78. The summed E-state index contributed by atoms with van der Waals surface area (Å²) >= 11 is 1.38. The normalized spacial score (nSPS) is 14.2. The standard InChI is InChI=1S/C31H41N7O4.C26H33N7O2.C16H21N5O2S.C16H24N2O2.2ClH/c1-9-32-26(39)21-16-33-27(37-25(21)36-24-12-10-11-23(35-24)31(7,8)41)34-20-13-14-22-19(15-20)17-38(18-30(22,5)6)28(40)42-29(2,3)4;1-6-28-23(34)18-14-29-24(30-17-10-11-19-16(12-17)13-27-15-25(19,2)3)33-22(18)32-21-9-7-8-20(31-21)26(4,5)35;1-5-17-14(22)10-9-18-15(24-4)21-13(10)20-12-8-6-7-11(19-12)16(2,3)23;1-15(2,3)20-14(19)18-9-11-8-12(17)6-7-13(11)16(4,5)10-18;;/h10-16,41H,9,17-18H2,1-8H3,(H,32,39)(H2,33,34,35,36,37);7-12,14,27,35H,6,13,15H2,1-5H3,(H,28,34)(H2,29,30,31,32,33);6-9,23H,5H2,1-4H3,(H,17,22)(H,18,19,20,21);6-8H,9-10,17H2,1-5H3;2*1H. The minimum Gasteiger partial charge on any atom is -0.444 e. The molecular formula is C89H121Cl2N21O10S. The zero-order valence-electron chi connectivity index (χ0n) is 74.4. The predicted molar refractivity (Wildman–Crippen MR) is 489 cm³/mol. The highest BCUT2D eigenvalue weighted by atomic mass is 35.5. The first kappa shape index (κ1) is 99.0. The fourth-order valence-electron chi connectivity index (χ4n) is 13.6. The van der Waals surface area contributed by atoms with E-state index in [9.17, 15) is 39.3 Å². The van der Waals surface area contributed by atoms with E-state index < -0.39 is 28.0 Å². The lowest BCUT2D eigenvalue weighted by molar-refractivity contribution is 0.0165. The topological polar surface area (TPSA) is 421 Å². The maximum Gasteiger partial charge on any atom is 0.410 e. The second-order valence-electron chi connectivity index (χ2n) is 35.2. The fraction of sp³-hybridized carbons (Fsp3) is 0.438. The molecule has 12 rings (SSSR count). The number of hydrogen-bond donors (Lipinski definition) is 13. The highest BCUT2D eigenvalue weighted by Gasteiger charge is 2.38. The summed E-state index contributed by atoms with van der Waals surface area (Å²) in [5, 5.41) is 58.9. The Bertz CT molecular complexity index is 5220. The van der Waals surface area contributed by atoms with Crippen LogP contribution in [-0.4, -0.2) is 157 Å². The molecule has 3 aromatic carbocycles. The molecule has 3 aliphatic rings. The number of aliphatic hydroxyl groups is 3. The maximum absolute atomic E-state index is 12.9. The number of nitrogens with two attached hydrogens (primary N) is 1. The first-order valence-electron chi connectivity index (χ1n) is 40.3. The molecule has 14 N–H and O–H groups in total. The van der Waals surface area contributed by atoms with Gasteiger partial charge in [0.25, 0.3) is 17.7 Å². The zero-order chi connectivity index (χ0) is 89.0. The number of nitrogen functional groups attached to an aromatic ring is 1. The Morgan fingerprint density at radius 3 is 1.18 bits per heavy atom. The monoisotopic (exact) mass is 1750 g/mol. The summed E-state index contributed by atoms with van der Waals surface area (Å²) in [5.74, 6) is 2.06. The van der Waals surface area contributed by atoms with Crippen LogP contribution in [0.2, 0.25) is 0 Å². The summed E-state index contributed by atoms with van der Waals surface area (Å²) in [6, 6.07) is 34.0. The van der Waals surface area contributed by atoms with Crippen molar-refractivity contribution in [3.05, 3.63) is 195 Å². The number of nitrogens with one attached hydrogen (secondary N) is 9. The minimum atomic E-state index is -1.14. The van der Waals surface area contributed by atoms with Crippen molar-refractivity contribution in [2.45, 2.75) is 214 Å². The van der Waals surface area contributed by atoms with Gasteiger partial charge in [-0.1, -0.05) is 89.7 Å². The molecule has 0 spiro atoms. The van der Waals surface area contributed by atoms with Crippen molar-refractivity contribution >= 4 is 130 Å².